The number of rotatable bonds is 10. The van der Waals surface area contributed by atoms with E-state index in [0.29, 0.717) is 5.57 Å². The van der Waals surface area contributed by atoms with Crippen LogP contribution in [-0.2, 0) is 33.0 Å². The number of hydrogen-bond donors (Lipinski definition) is 2. The van der Waals surface area contributed by atoms with E-state index in [2.05, 4.69) is 20.8 Å². The first-order valence-corrected chi connectivity index (χ1v) is 21.7. The molecule has 2 N–H and O–H groups in total. The molecule has 2 bridgehead atoms. The number of fused-ring (bicyclic) bond motifs is 5. The average molecular weight is 763 g/mol. The third kappa shape index (κ3) is 6.09. The highest BCUT2D eigenvalue weighted by Gasteiger charge is 2.79. The van der Waals surface area contributed by atoms with Crippen LogP contribution >= 0.6 is 0 Å². The van der Waals surface area contributed by atoms with Gasteiger partial charge in [0, 0.05) is 25.2 Å². The molecule has 0 spiro atoms. The minimum atomic E-state index is -2.53. The highest BCUT2D eigenvalue weighted by Crippen LogP contribution is 2.65. The van der Waals surface area contributed by atoms with E-state index >= 15 is 4.79 Å². The van der Waals surface area contributed by atoms with Crippen molar-refractivity contribution in [3.63, 3.8) is 0 Å². The van der Waals surface area contributed by atoms with Crippen molar-refractivity contribution in [2.75, 3.05) is 6.61 Å². The van der Waals surface area contributed by atoms with Gasteiger partial charge in [-0.1, -0.05) is 71.0 Å². The van der Waals surface area contributed by atoms with Crippen molar-refractivity contribution in [3.8, 4) is 0 Å². The average Bonchev–Trinajstić information content (AvgIpc) is 3.15. The van der Waals surface area contributed by atoms with Gasteiger partial charge in [0.05, 0.1) is 41.3 Å². The lowest BCUT2D eigenvalue weighted by Gasteiger charge is -2.68. The van der Waals surface area contributed by atoms with E-state index in [9.17, 15) is 24.6 Å². The van der Waals surface area contributed by atoms with Crippen LogP contribution < -0.4 is 0 Å². The first-order chi connectivity index (χ1) is 25.5. The molecule has 6 rings (SSSR count). The Balaban J connectivity index is 1.69. The summed E-state index contributed by atoms with van der Waals surface area (Å²) in [5.74, 6) is -4.05. The third-order valence-corrected chi connectivity index (χ3v) is 18.1. The summed E-state index contributed by atoms with van der Waals surface area (Å²) in [5.41, 5.74) is -5.83. The Morgan fingerprint density at radius 2 is 1.44 bits per heavy atom. The number of ether oxygens (including phenoxy) is 4. The Hall–Kier alpha value is -3.68. The molecule has 3 fully saturated rings. The molecule has 9 atom stereocenters. The van der Waals surface area contributed by atoms with E-state index in [1.807, 2.05) is 0 Å². The molecule has 0 aromatic heterocycles. The lowest BCUT2D eigenvalue weighted by Crippen LogP contribution is -2.82. The summed E-state index contributed by atoms with van der Waals surface area (Å²) in [4.78, 5) is 57.4. The van der Waals surface area contributed by atoms with Gasteiger partial charge in [0.2, 0.25) is 0 Å². The van der Waals surface area contributed by atoms with E-state index in [0.717, 1.165) is 18.1 Å². The second-order valence-electron chi connectivity index (χ2n) is 16.3. The number of hydrogen-bond acceptors (Lipinski definition) is 11. The first-order valence-electron chi connectivity index (χ1n) is 19.1. The molecule has 2 aromatic carbocycles. The second kappa shape index (κ2) is 14.4. The number of aliphatic hydroxyl groups excluding tert-OH is 1. The van der Waals surface area contributed by atoms with E-state index < -0.39 is 90.5 Å². The molecule has 1 unspecified atom stereocenters. The second-order valence-corrected chi connectivity index (χ2v) is 21.0. The van der Waals surface area contributed by atoms with Crippen molar-refractivity contribution < 1.29 is 52.8 Å². The minimum absolute atomic E-state index is 0.143. The normalized spacial score (nSPS) is 34.3. The van der Waals surface area contributed by atoms with Crippen LogP contribution in [-0.4, -0.2) is 90.6 Å². The monoisotopic (exact) mass is 762 g/mol. The number of aliphatic hydroxyl groups is 2. The first kappa shape index (κ1) is 40.0. The molecular weight excluding hydrogens is 709 g/mol. The smallest absolute Gasteiger partial charge is 0.338 e. The largest absolute Gasteiger partial charge is 0.455 e. The molecule has 2 saturated carbocycles. The molecule has 0 amide bonds. The van der Waals surface area contributed by atoms with Gasteiger partial charge in [0.1, 0.15) is 17.8 Å². The van der Waals surface area contributed by atoms with Crippen molar-refractivity contribution >= 4 is 32.0 Å². The van der Waals surface area contributed by atoms with Crippen molar-refractivity contribution in [2.45, 2.75) is 128 Å². The Labute approximate surface area is 318 Å². The highest BCUT2D eigenvalue weighted by atomic mass is 28.4. The summed E-state index contributed by atoms with van der Waals surface area (Å²) in [7, 11) is -2.53. The standard InChI is InChI=1S/C42H54O11Si/c1-9-54(10-2,11-3)53-30-22-31-41(24-49-31,52-38(47)28-20-16-13-17-21-28)34-36(51-37(46)27-18-14-12-15-19-27)42(48)23-29(44)25(4)32(39(42,6)7)33(50-26(5)43)35(45)40(30,34)8/h12-21,29-31,33-34,36,44,48H,9-11,22-24H2,1-8H3/t29-,30-,31+,33+,34?,36-,40+,41-,42+/m0/s1. The van der Waals surface area contributed by atoms with Gasteiger partial charge < -0.3 is 33.6 Å². The predicted molar refractivity (Wildman–Crippen MR) is 201 cm³/mol. The molecule has 3 aliphatic carbocycles. The summed E-state index contributed by atoms with van der Waals surface area (Å²) in [6, 6.07) is 19.0. The van der Waals surface area contributed by atoms with Gasteiger partial charge in [-0.3, -0.25) is 9.59 Å². The molecule has 2 aromatic rings. The van der Waals surface area contributed by atoms with Crippen molar-refractivity contribution in [2.24, 2.45) is 16.7 Å². The Morgan fingerprint density at radius 1 is 0.889 bits per heavy atom. The number of benzene rings is 2. The minimum Gasteiger partial charge on any atom is -0.455 e. The molecule has 54 heavy (non-hydrogen) atoms. The maximum absolute atomic E-state index is 15.9. The van der Waals surface area contributed by atoms with Gasteiger partial charge in [-0.25, -0.2) is 9.59 Å². The van der Waals surface area contributed by atoms with Crippen LogP contribution in [0.25, 0.3) is 0 Å². The maximum Gasteiger partial charge on any atom is 0.338 e. The molecule has 1 saturated heterocycles. The van der Waals surface area contributed by atoms with Gasteiger partial charge >= 0.3 is 17.9 Å². The number of esters is 3. The molecule has 1 heterocycles. The zero-order valence-corrected chi connectivity index (χ0v) is 33.5. The topological polar surface area (TPSA) is 155 Å². The van der Waals surface area contributed by atoms with E-state index in [1.54, 1.807) is 88.4 Å². The maximum atomic E-state index is 15.9. The SMILES string of the molecule is CC[Si](CC)(CC)O[C@H]1C[C@H]2OC[C@@]2(OC(=O)c2ccccc2)C2[C@H](OC(=O)c3ccccc3)[C@]3(O)C[C@H](O)C(C)=C([C@@H](OC(C)=O)C(=O)[C@@]21C)C3(C)C. The zero-order chi connectivity index (χ0) is 39.4. The van der Waals surface area contributed by atoms with Crippen LogP contribution in [0.3, 0.4) is 0 Å². The van der Waals surface area contributed by atoms with Crippen LogP contribution in [0.2, 0.25) is 18.1 Å². The predicted octanol–water partition coefficient (Wildman–Crippen LogP) is 5.98. The lowest BCUT2D eigenvalue weighted by atomic mass is 9.44. The number of carbonyl (C=O) groups is 4. The van der Waals surface area contributed by atoms with Gasteiger partial charge in [-0.05, 0) is 67.4 Å². The van der Waals surface area contributed by atoms with Gasteiger partial charge in [-0.15, -0.1) is 0 Å². The fourth-order valence-corrected chi connectivity index (χ4v) is 12.8. The van der Waals surface area contributed by atoms with E-state index in [-0.39, 0.29) is 36.1 Å². The van der Waals surface area contributed by atoms with Crippen LogP contribution in [0, 0.1) is 16.7 Å². The summed E-state index contributed by atoms with van der Waals surface area (Å²) in [6.07, 6.45) is -6.30. The van der Waals surface area contributed by atoms with Crippen LogP contribution in [0.1, 0.15) is 88.9 Å². The van der Waals surface area contributed by atoms with E-state index in [1.165, 1.54) is 6.92 Å². The third-order valence-electron chi connectivity index (χ3n) is 13.5. The van der Waals surface area contributed by atoms with Gasteiger partial charge in [-0.2, -0.15) is 0 Å². The van der Waals surface area contributed by atoms with Crippen LogP contribution in [0.15, 0.2) is 71.8 Å². The number of ketones is 1. The molecule has 11 nitrogen and oxygen atoms in total. The summed E-state index contributed by atoms with van der Waals surface area (Å²) in [5, 5.41) is 25.2. The molecular formula is C42H54O11Si. The summed E-state index contributed by atoms with van der Waals surface area (Å²) in [6.45, 7) is 14.0. The summed E-state index contributed by atoms with van der Waals surface area (Å²) >= 11 is 0. The summed E-state index contributed by atoms with van der Waals surface area (Å²) < 4.78 is 32.7. The fourth-order valence-electron chi connectivity index (χ4n) is 9.90. The quantitative estimate of drug-likeness (QED) is 0.127. The number of Topliss-reactive ketones (excluding diaryl/α,β-unsaturated/α-hetero) is 1. The Kier molecular flexibility index (Phi) is 10.7. The highest BCUT2D eigenvalue weighted by molar-refractivity contribution is 6.73. The fraction of sp³-hybridized carbons (Fsp3) is 0.571. The molecule has 0 radical (unpaired) electrons. The van der Waals surface area contributed by atoms with Crippen LogP contribution in [0.5, 0.6) is 0 Å². The van der Waals surface area contributed by atoms with Crippen molar-refractivity contribution in [1.82, 2.24) is 0 Å². The molecule has 292 valence electrons. The van der Waals surface area contributed by atoms with Crippen molar-refractivity contribution in [1.29, 1.82) is 0 Å². The van der Waals surface area contributed by atoms with E-state index in [4.69, 9.17) is 23.4 Å². The molecule has 1 aliphatic heterocycles. The lowest BCUT2D eigenvalue weighted by molar-refractivity contribution is -0.340. The zero-order valence-electron chi connectivity index (χ0n) is 32.5. The Bertz CT molecular complexity index is 1800. The number of carbonyl (C=O) groups excluding carboxylic acids is 4. The van der Waals surface area contributed by atoms with Crippen molar-refractivity contribution in [3.05, 3.63) is 82.9 Å². The van der Waals surface area contributed by atoms with Crippen LogP contribution in [0.4, 0.5) is 0 Å². The Morgan fingerprint density at radius 3 is 1.94 bits per heavy atom. The van der Waals surface area contributed by atoms with Gasteiger partial charge in [0.15, 0.2) is 25.8 Å². The molecule has 12 heteroatoms. The molecule has 4 aliphatic rings. The van der Waals surface area contributed by atoms with Gasteiger partial charge in [0.25, 0.3) is 0 Å².